The molecule has 0 aliphatic carbocycles. The van der Waals surface area contributed by atoms with Crippen LogP contribution >= 0.6 is 0 Å². The lowest BCUT2D eigenvalue weighted by Gasteiger charge is -2.05. The third-order valence-electron chi connectivity index (χ3n) is 3.07. The third kappa shape index (κ3) is 17.5. The van der Waals surface area contributed by atoms with Crippen LogP contribution in [0, 0.1) is 0 Å². The molecule has 0 aliphatic heterocycles. The molecule has 10 nitrogen and oxygen atoms in total. The zero-order chi connectivity index (χ0) is 21.1. The molecule has 0 radical (unpaired) electrons. The monoisotopic (exact) mass is 384 g/mol. The number of nitrogens with two attached hydrogens (primary N) is 2. The molecule has 1 aromatic carbocycles. The molecule has 0 heterocycles. The molecule has 1 rings (SSSR count). The van der Waals surface area contributed by atoms with E-state index in [0.29, 0.717) is 6.42 Å². The largest absolute Gasteiger partial charge is 0.480 e. The average molecular weight is 384 g/mol. The Morgan fingerprint density at radius 2 is 1.52 bits per heavy atom. The predicted molar refractivity (Wildman–Crippen MR) is 92.2 cm³/mol. The smallest absolute Gasteiger partial charge is 0.373 e. The highest BCUT2D eigenvalue weighted by molar-refractivity contribution is 5.73. The molecule has 0 aliphatic rings. The van der Waals surface area contributed by atoms with E-state index in [1.54, 1.807) is 0 Å². The summed E-state index contributed by atoms with van der Waals surface area (Å²) in [6.07, 6.45) is 2.64. The number of ether oxygens (including phenoxy) is 1. The van der Waals surface area contributed by atoms with Gasteiger partial charge in [0.15, 0.2) is 0 Å². The molecular weight excluding hydrogens is 360 g/mol. The van der Waals surface area contributed by atoms with E-state index < -0.39 is 24.0 Å². The Morgan fingerprint density at radius 3 is 1.96 bits per heavy atom. The number of rotatable bonds is 10. The fraction of sp³-hybridized carbons (Fsp3) is 0.412. The van der Waals surface area contributed by atoms with E-state index in [4.69, 9.17) is 31.3 Å². The van der Waals surface area contributed by atoms with E-state index in [0.717, 1.165) is 12.8 Å². The Labute approximate surface area is 156 Å². The summed E-state index contributed by atoms with van der Waals surface area (Å²) in [5.74, 6) is -2.01. The van der Waals surface area contributed by atoms with E-state index in [1.807, 2.05) is 30.3 Å². The predicted octanol–water partition coefficient (Wildman–Crippen LogP) is -0.201. The van der Waals surface area contributed by atoms with Crippen LogP contribution in [0.15, 0.2) is 30.3 Å². The van der Waals surface area contributed by atoms with Gasteiger partial charge in [-0.3, -0.25) is 14.4 Å². The van der Waals surface area contributed by atoms with E-state index in [9.17, 15) is 14.4 Å². The van der Waals surface area contributed by atoms with Crippen molar-refractivity contribution in [2.24, 2.45) is 11.5 Å². The van der Waals surface area contributed by atoms with Crippen molar-refractivity contribution in [2.45, 2.75) is 37.8 Å². The van der Waals surface area contributed by atoms with Crippen molar-refractivity contribution < 1.29 is 38.9 Å². The van der Waals surface area contributed by atoms with Gasteiger partial charge in [-0.2, -0.15) is 9.59 Å². The van der Waals surface area contributed by atoms with Crippen LogP contribution in [0.25, 0.3) is 0 Å². The lowest BCUT2D eigenvalue weighted by molar-refractivity contribution is -0.191. The fourth-order valence-electron chi connectivity index (χ4n) is 1.66. The Morgan fingerprint density at radius 1 is 1.04 bits per heavy atom. The van der Waals surface area contributed by atoms with Gasteiger partial charge < -0.3 is 26.4 Å². The maximum Gasteiger partial charge on any atom is 0.373 e. The molecule has 2 atom stereocenters. The summed E-state index contributed by atoms with van der Waals surface area (Å²) in [4.78, 5) is 46.2. The fourth-order valence-corrected chi connectivity index (χ4v) is 1.66. The number of carbonyl (C=O) groups is 3. The first-order valence-electron chi connectivity index (χ1n) is 7.85. The Hall–Kier alpha value is -3.07. The number of carboxylic acids is 2. The standard InChI is InChI=1S/C11H15NO2.C5H9NO4.CO2/c12-10(11(13)14)8-4-7-9-5-2-1-3-6-9;6-4(5(8)9)1-2-10-3-7;2-1-3/h1-3,5-6,10H,4,7-8,12H2,(H,13,14);3-4H,1-2,6H2,(H,8,9);/t10-;4-;/m00./s1. The number of aryl methyl sites for hydroxylation is 1. The van der Waals surface area contributed by atoms with Crippen molar-refractivity contribution in [3.63, 3.8) is 0 Å². The first kappa shape index (κ1) is 26.2. The van der Waals surface area contributed by atoms with Crippen LogP contribution < -0.4 is 11.5 Å². The zero-order valence-electron chi connectivity index (χ0n) is 14.7. The number of carboxylic acid groups (broad SMARTS) is 2. The van der Waals surface area contributed by atoms with Gasteiger partial charge in [0.2, 0.25) is 0 Å². The molecule has 1 aromatic rings. The highest BCUT2D eigenvalue weighted by Crippen LogP contribution is 2.05. The summed E-state index contributed by atoms with van der Waals surface area (Å²) in [6, 6.07) is 8.32. The molecule has 0 unspecified atom stereocenters. The number of hydrogen-bond donors (Lipinski definition) is 4. The molecule has 0 aromatic heterocycles. The maximum absolute atomic E-state index is 10.4. The van der Waals surface area contributed by atoms with Gasteiger partial charge in [-0.15, -0.1) is 0 Å². The molecule has 27 heavy (non-hydrogen) atoms. The SMILES string of the molecule is N[C@@H](CCCc1ccccc1)C(=O)O.N[C@@H](CCOC=O)C(=O)O.O=C=O. The van der Waals surface area contributed by atoms with Crippen LogP contribution in [-0.4, -0.2) is 53.5 Å². The normalized spacial score (nSPS) is 11.2. The molecule has 10 heteroatoms. The zero-order valence-corrected chi connectivity index (χ0v) is 14.7. The van der Waals surface area contributed by atoms with Gasteiger partial charge in [0.1, 0.15) is 12.1 Å². The molecule has 0 saturated carbocycles. The van der Waals surface area contributed by atoms with Gasteiger partial charge >= 0.3 is 18.1 Å². The number of carbonyl (C=O) groups excluding carboxylic acids is 3. The number of benzene rings is 1. The molecule has 0 saturated heterocycles. The Balaban J connectivity index is 0. The van der Waals surface area contributed by atoms with Crippen molar-refractivity contribution >= 4 is 24.6 Å². The van der Waals surface area contributed by atoms with Gasteiger partial charge in [-0.1, -0.05) is 30.3 Å². The summed E-state index contributed by atoms with van der Waals surface area (Å²) < 4.78 is 4.23. The van der Waals surface area contributed by atoms with Crippen LogP contribution in [-0.2, 0) is 35.1 Å². The highest BCUT2D eigenvalue weighted by Gasteiger charge is 2.10. The van der Waals surface area contributed by atoms with Crippen LogP contribution in [0.2, 0.25) is 0 Å². The number of hydrogen-bond acceptors (Lipinski definition) is 8. The lowest BCUT2D eigenvalue weighted by Crippen LogP contribution is -2.31. The minimum absolute atomic E-state index is 0.0525. The Bertz CT molecular complexity index is 574. The maximum atomic E-state index is 10.4. The molecule has 150 valence electrons. The molecule has 6 N–H and O–H groups in total. The average Bonchev–Trinajstić information content (AvgIpc) is 2.63. The van der Waals surface area contributed by atoms with Crippen LogP contribution in [0.1, 0.15) is 24.8 Å². The second kappa shape index (κ2) is 17.7. The quantitative estimate of drug-likeness (QED) is 0.310. The highest BCUT2D eigenvalue weighted by atomic mass is 16.5. The van der Waals surface area contributed by atoms with Crippen molar-refractivity contribution in [1.29, 1.82) is 0 Å². The van der Waals surface area contributed by atoms with Crippen molar-refractivity contribution in [2.75, 3.05) is 6.61 Å². The van der Waals surface area contributed by atoms with Crippen LogP contribution in [0.3, 0.4) is 0 Å². The molecule has 0 spiro atoms. The molecule has 0 fully saturated rings. The van der Waals surface area contributed by atoms with Crippen molar-refractivity contribution in [3.8, 4) is 0 Å². The Kier molecular flexibility index (Phi) is 17.2. The summed E-state index contributed by atoms with van der Waals surface area (Å²) in [5.41, 5.74) is 11.7. The van der Waals surface area contributed by atoms with Gasteiger partial charge in [-0.25, -0.2) is 0 Å². The van der Waals surface area contributed by atoms with Gasteiger partial charge in [-0.05, 0) is 24.8 Å². The second-order valence-corrected chi connectivity index (χ2v) is 5.11. The van der Waals surface area contributed by atoms with E-state index in [1.165, 1.54) is 5.56 Å². The summed E-state index contributed by atoms with van der Waals surface area (Å²) in [6.45, 7) is 0.311. The van der Waals surface area contributed by atoms with E-state index >= 15 is 0 Å². The van der Waals surface area contributed by atoms with E-state index in [2.05, 4.69) is 4.74 Å². The third-order valence-corrected chi connectivity index (χ3v) is 3.07. The van der Waals surface area contributed by atoms with Gasteiger partial charge in [0.25, 0.3) is 6.47 Å². The molecular formula is C17H24N2O8. The van der Waals surface area contributed by atoms with Crippen molar-refractivity contribution in [1.82, 2.24) is 0 Å². The first-order valence-corrected chi connectivity index (χ1v) is 7.85. The molecule has 0 bridgehead atoms. The van der Waals surface area contributed by atoms with Gasteiger partial charge in [0.05, 0.1) is 6.61 Å². The summed E-state index contributed by atoms with van der Waals surface area (Å²) in [5, 5.41) is 16.8. The lowest BCUT2D eigenvalue weighted by atomic mass is 10.1. The van der Waals surface area contributed by atoms with Gasteiger partial charge in [0, 0.05) is 6.42 Å². The summed E-state index contributed by atoms with van der Waals surface area (Å²) >= 11 is 0. The minimum atomic E-state index is -1.09. The topological polar surface area (TPSA) is 187 Å². The molecule has 0 amide bonds. The minimum Gasteiger partial charge on any atom is -0.480 e. The first-order chi connectivity index (χ1) is 12.8. The summed E-state index contributed by atoms with van der Waals surface area (Å²) in [7, 11) is 0. The van der Waals surface area contributed by atoms with Crippen molar-refractivity contribution in [3.05, 3.63) is 35.9 Å². The second-order valence-electron chi connectivity index (χ2n) is 5.11. The van der Waals surface area contributed by atoms with Crippen LogP contribution in [0.5, 0.6) is 0 Å². The van der Waals surface area contributed by atoms with Crippen LogP contribution in [0.4, 0.5) is 0 Å². The van der Waals surface area contributed by atoms with E-state index in [-0.39, 0.29) is 25.7 Å². The number of aliphatic carboxylic acids is 2.